The van der Waals surface area contributed by atoms with Gasteiger partial charge < -0.3 is 10.2 Å². The van der Waals surface area contributed by atoms with E-state index in [9.17, 15) is 4.79 Å². The molecule has 148 valence electrons. The van der Waals surface area contributed by atoms with E-state index >= 15 is 0 Å². The smallest absolute Gasteiger partial charge is 0.229 e. The van der Waals surface area contributed by atoms with Crippen molar-refractivity contribution in [3.05, 3.63) is 70.7 Å². The molecule has 2 heterocycles. The first-order valence-corrected chi connectivity index (χ1v) is 10.3. The van der Waals surface area contributed by atoms with Crippen LogP contribution >= 0.6 is 23.2 Å². The molecule has 1 fully saturated rings. The number of halogens is 2. The first-order chi connectivity index (χ1) is 14.1. The molecule has 1 unspecified atom stereocenters. The molecule has 3 aromatic rings. The van der Waals surface area contributed by atoms with Crippen LogP contribution in [0.15, 0.2) is 60.7 Å². The van der Waals surface area contributed by atoms with Crippen molar-refractivity contribution in [2.24, 2.45) is 5.92 Å². The molecule has 4 rings (SSSR count). The van der Waals surface area contributed by atoms with Crippen molar-refractivity contribution in [2.75, 3.05) is 23.3 Å². The molecule has 1 atom stereocenters. The number of carbonyl (C=O) groups is 1. The Hall–Kier alpha value is -2.63. The fraction of sp³-hybridized carbons (Fsp3) is 0.227. The minimum atomic E-state index is -0.158. The molecule has 0 bridgehead atoms. The highest BCUT2D eigenvalue weighted by atomic mass is 35.5. The Morgan fingerprint density at radius 3 is 2.59 bits per heavy atom. The zero-order chi connectivity index (χ0) is 20.2. The summed E-state index contributed by atoms with van der Waals surface area (Å²) in [4.78, 5) is 14.9. The number of piperidine rings is 1. The van der Waals surface area contributed by atoms with Gasteiger partial charge in [-0.3, -0.25) is 4.79 Å². The molecule has 1 N–H and O–H groups in total. The standard InChI is InChI=1S/C22H20Cl2N4O/c23-17-9-4-10-19(21(17)24)25-22(29)16-8-5-13-28(14-16)20-12-11-18(26-27-20)15-6-2-1-3-7-15/h1-4,6-7,9-12,16H,5,8,13-14H2,(H,25,29). The molecule has 2 aromatic carbocycles. The third-order valence-electron chi connectivity index (χ3n) is 5.05. The number of hydrogen-bond acceptors (Lipinski definition) is 4. The number of hydrogen-bond donors (Lipinski definition) is 1. The van der Waals surface area contributed by atoms with Gasteiger partial charge in [0.05, 0.1) is 27.3 Å². The summed E-state index contributed by atoms with van der Waals surface area (Å²) in [5, 5.41) is 12.4. The summed E-state index contributed by atoms with van der Waals surface area (Å²) in [5.74, 6) is 0.560. The zero-order valence-electron chi connectivity index (χ0n) is 15.7. The molecule has 7 heteroatoms. The van der Waals surface area contributed by atoms with Gasteiger partial charge in [0, 0.05) is 18.7 Å². The second-order valence-electron chi connectivity index (χ2n) is 7.02. The molecule has 0 saturated carbocycles. The van der Waals surface area contributed by atoms with Gasteiger partial charge in [-0.15, -0.1) is 10.2 Å². The minimum absolute atomic E-state index is 0.0623. The summed E-state index contributed by atoms with van der Waals surface area (Å²) < 4.78 is 0. The van der Waals surface area contributed by atoms with Crippen molar-refractivity contribution in [3.8, 4) is 11.3 Å². The van der Waals surface area contributed by atoms with Crippen molar-refractivity contribution >= 4 is 40.6 Å². The lowest BCUT2D eigenvalue weighted by atomic mass is 9.97. The van der Waals surface area contributed by atoms with Crippen LogP contribution in [0, 0.1) is 5.92 Å². The van der Waals surface area contributed by atoms with Crippen molar-refractivity contribution in [2.45, 2.75) is 12.8 Å². The predicted molar refractivity (Wildman–Crippen MR) is 117 cm³/mol. The first kappa shape index (κ1) is 19.7. The highest BCUT2D eigenvalue weighted by Crippen LogP contribution is 2.31. The number of nitrogens with zero attached hydrogens (tertiary/aromatic N) is 3. The van der Waals surface area contributed by atoms with E-state index in [2.05, 4.69) is 20.4 Å². The quantitative estimate of drug-likeness (QED) is 0.614. The molecular formula is C22H20Cl2N4O. The van der Waals surface area contributed by atoms with E-state index in [1.54, 1.807) is 18.2 Å². The second kappa shape index (κ2) is 8.80. The SMILES string of the molecule is O=C(Nc1cccc(Cl)c1Cl)C1CCCN(c2ccc(-c3ccccc3)nn2)C1. The Morgan fingerprint density at radius 1 is 1.00 bits per heavy atom. The van der Waals surface area contributed by atoms with E-state index in [0.29, 0.717) is 22.3 Å². The number of benzene rings is 2. The number of nitrogens with one attached hydrogen (secondary N) is 1. The minimum Gasteiger partial charge on any atom is -0.354 e. The van der Waals surface area contributed by atoms with Crippen LogP contribution in [0.4, 0.5) is 11.5 Å². The van der Waals surface area contributed by atoms with E-state index < -0.39 is 0 Å². The summed E-state index contributed by atoms with van der Waals surface area (Å²) in [5.41, 5.74) is 2.39. The van der Waals surface area contributed by atoms with Crippen LogP contribution in [0.25, 0.3) is 11.3 Å². The fourth-order valence-corrected chi connectivity index (χ4v) is 3.84. The fourth-order valence-electron chi connectivity index (χ4n) is 3.49. The van der Waals surface area contributed by atoms with E-state index in [0.717, 1.165) is 36.5 Å². The Kier molecular flexibility index (Phi) is 5.97. The Balaban J connectivity index is 1.44. The van der Waals surface area contributed by atoms with E-state index in [4.69, 9.17) is 23.2 Å². The van der Waals surface area contributed by atoms with Crippen molar-refractivity contribution in [1.29, 1.82) is 0 Å². The second-order valence-corrected chi connectivity index (χ2v) is 7.80. The number of carbonyl (C=O) groups excluding carboxylic acids is 1. The van der Waals surface area contributed by atoms with Gasteiger partial charge in [0.1, 0.15) is 0 Å². The van der Waals surface area contributed by atoms with Crippen molar-refractivity contribution in [3.63, 3.8) is 0 Å². The maximum Gasteiger partial charge on any atom is 0.229 e. The third kappa shape index (κ3) is 4.52. The maximum atomic E-state index is 12.8. The average Bonchev–Trinajstić information content (AvgIpc) is 2.78. The summed E-state index contributed by atoms with van der Waals surface area (Å²) in [7, 11) is 0. The Bertz CT molecular complexity index is 995. The molecule has 1 saturated heterocycles. The van der Waals surface area contributed by atoms with Crippen LogP contribution in [0.3, 0.4) is 0 Å². The molecule has 1 aliphatic heterocycles. The van der Waals surface area contributed by atoms with E-state index in [1.807, 2.05) is 42.5 Å². The topological polar surface area (TPSA) is 58.1 Å². The van der Waals surface area contributed by atoms with Gasteiger partial charge in [-0.05, 0) is 37.1 Å². The highest BCUT2D eigenvalue weighted by molar-refractivity contribution is 6.44. The van der Waals surface area contributed by atoms with Crippen LogP contribution in [-0.2, 0) is 4.79 Å². The largest absolute Gasteiger partial charge is 0.354 e. The highest BCUT2D eigenvalue weighted by Gasteiger charge is 2.27. The lowest BCUT2D eigenvalue weighted by Crippen LogP contribution is -2.41. The average molecular weight is 427 g/mol. The molecule has 1 aliphatic rings. The monoisotopic (exact) mass is 426 g/mol. The lowest BCUT2D eigenvalue weighted by molar-refractivity contribution is -0.120. The number of rotatable bonds is 4. The summed E-state index contributed by atoms with van der Waals surface area (Å²) in [6.45, 7) is 1.43. The molecular weight excluding hydrogens is 407 g/mol. The summed E-state index contributed by atoms with van der Waals surface area (Å²) in [6.07, 6.45) is 1.72. The molecule has 0 radical (unpaired) electrons. The van der Waals surface area contributed by atoms with E-state index in [1.165, 1.54) is 0 Å². The van der Waals surface area contributed by atoms with Gasteiger partial charge in [-0.1, -0.05) is 59.6 Å². The Morgan fingerprint density at radius 2 is 1.83 bits per heavy atom. The van der Waals surface area contributed by atoms with Gasteiger partial charge >= 0.3 is 0 Å². The lowest BCUT2D eigenvalue weighted by Gasteiger charge is -2.32. The molecule has 1 amide bonds. The van der Waals surface area contributed by atoms with Gasteiger partial charge in [-0.25, -0.2) is 0 Å². The van der Waals surface area contributed by atoms with E-state index in [-0.39, 0.29) is 11.8 Å². The normalized spacial score (nSPS) is 16.5. The van der Waals surface area contributed by atoms with Crippen LogP contribution in [0.1, 0.15) is 12.8 Å². The zero-order valence-corrected chi connectivity index (χ0v) is 17.2. The van der Waals surface area contributed by atoms with Crippen LogP contribution in [0.2, 0.25) is 10.0 Å². The third-order valence-corrected chi connectivity index (χ3v) is 5.86. The predicted octanol–water partition coefficient (Wildman–Crippen LogP) is 5.31. The maximum absolute atomic E-state index is 12.8. The van der Waals surface area contributed by atoms with Gasteiger partial charge in [0.15, 0.2) is 5.82 Å². The molecule has 0 aliphatic carbocycles. The van der Waals surface area contributed by atoms with Crippen molar-refractivity contribution < 1.29 is 4.79 Å². The molecule has 29 heavy (non-hydrogen) atoms. The molecule has 1 aromatic heterocycles. The van der Waals surface area contributed by atoms with Gasteiger partial charge in [-0.2, -0.15) is 0 Å². The Labute approximate surface area is 179 Å². The number of anilines is 2. The number of aromatic nitrogens is 2. The van der Waals surface area contributed by atoms with Gasteiger partial charge in [0.2, 0.25) is 5.91 Å². The summed E-state index contributed by atoms with van der Waals surface area (Å²) >= 11 is 12.2. The molecule has 5 nitrogen and oxygen atoms in total. The van der Waals surface area contributed by atoms with Crippen LogP contribution in [0.5, 0.6) is 0 Å². The summed E-state index contributed by atoms with van der Waals surface area (Å²) in [6, 6.07) is 19.1. The van der Waals surface area contributed by atoms with Crippen LogP contribution < -0.4 is 10.2 Å². The number of amides is 1. The first-order valence-electron chi connectivity index (χ1n) is 9.51. The van der Waals surface area contributed by atoms with Crippen LogP contribution in [-0.4, -0.2) is 29.2 Å². The molecule has 0 spiro atoms. The van der Waals surface area contributed by atoms with Crippen molar-refractivity contribution in [1.82, 2.24) is 10.2 Å². The van der Waals surface area contributed by atoms with Gasteiger partial charge in [0.25, 0.3) is 0 Å².